The minimum absolute atomic E-state index is 0.0941. The lowest BCUT2D eigenvalue weighted by atomic mass is 10.1. The van der Waals surface area contributed by atoms with E-state index in [1.807, 2.05) is 0 Å². The lowest BCUT2D eigenvalue weighted by Gasteiger charge is -1.98. The second-order valence-electron chi connectivity index (χ2n) is 2.74. The van der Waals surface area contributed by atoms with Crippen LogP contribution in [0.4, 0.5) is 0 Å². The molecule has 0 atom stereocenters. The molecule has 1 aromatic carbocycles. The average molecular weight is 283 g/mol. The fourth-order valence-corrected chi connectivity index (χ4v) is 1.36. The number of benzene rings is 1. The molecule has 0 aliphatic carbocycles. The predicted octanol–water partition coefficient (Wildman–Crippen LogP) is 1.67. The van der Waals surface area contributed by atoms with Crippen LogP contribution in [0.1, 0.15) is 15.9 Å². The topological polar surface area (TPSA) is 63.6 Å². The molecule has 0 aliphatic heterocycles. The molecule has 0 aliphatic rings. The molecule has 0 heterocycles. The van der Waals surface area contributed by atoms with E-state index >= 15 is 0 Å². The Morgan fingerprint density at radius 2 is 2.12 bits per heavy atom. The summed E-state index contributed by atoms with van der Waals surface area (Å²) < 4.78 is 4.80. The number of carbonyl (C=O) groups excluding carboxylic acids is 1. The van der Waals surface area contributed by atoms with Crippen LogP contribution in [0.5, 0.6) is 0 Å². The van der Waals surface area contributed by atoms with Crippen molar-refractivity contribution in [3.8, 4) is 11.8 Å². The van der Waals surface area contributed by atoms with Crippen molar-refractivity contribution in [1.82, 2.24) is 0 Å². The van der Waals surface area contributed by atoms with Gasteiger partial charge in [-0.25, -0.2) is 9.59 Å². The van der Waals surface area contributed by atoms with Crippen LogP contribution < -0.4 is 0 Å². The van der Waals surface area contributed by atoms with Crippen LogP contribution in [0.15, 0.2) is 22.7 Å². The van der Waals surface area contributed by atoms with Crippen molar-refractivity contribution in [3.05, 3.63) is 33.8 Å². The summed E-state index contributed by atoms with van der Waals surface area (Å²) >= 11 is 3.10. The Morgan fingerprint density at radius 3 is 2.69 bits per heavy atom. The van der Waals surface area contributed by atoms with Gasteiger partial charge < -0.3 is 9.84 Å². The summed E-state index contributed by atoms with van der Waals surface area (Å²) in [6.07, 6.45) is 0. The summed E-state index contributed by atoms with van der Waals surface area (Å²) in [5, 5.41) is 8.84. The summed E-state index contributed by atoms with van der Waals surface area (Å²) in [6.45, 7) is 0. The van der Waals surface area contributed by atoms with Crippen molar-refractivity contribution in [2.75, 3.05) is 7.11 Å². The van der Waals surface area contributed by atoms with Crippen molar-refractivity contribution < 1.29 is 19.4 Å². The average Bonchev–Trinajstić information content (AvgIpc) is 2.27. The zero-order chi connectivity index (χ0) is 12.1. The monoisotopic (exact) mass is 282 g/mol. The maximum absolute atomic E-state index is 10.8. The van der Waals surface area contributed by atoms with E-state index in [1.165, 1.54) is 13.2 Å². The fraction of sp³-hybridized carbons (Fsp3) is 0.0909. The van der Waals surface area contributed by atoms with Gasteiger partial charge in [-0.2, -0.15) is 0 Å². The molecule has 5 heteroatoms. The first-order chi connectivity index (χ1) is 7.54. The molecule has 0 fully saturated rings. The number of rotatable bonds is 1. The van der Waals surface area contributed by atoms with Crippen molar-refractivity contribution in [2.45, 2.75) is 0 Å². The van der Waals surface area contributed by atoms with Gasteiger partial charge in [0.1, 0.15) is 0 Å². The minimum atomic E-state index is -1.06. The van der Waals surface area contributed by atoms with E-state index in [0.717, 1.165) is 0 Å². The lowest BCUT2D eigenvalue weighted by molar-refractivity contribution is -0.133. The zero-order valence-corrected chi connectivity index (χ0v) is 9.87. The standard InChI is InChI=1S/C11H7BrO4/c1-16-10(13)5-3-7-2-4-9(12)8(6-7)11(14)15/h2,4,6H,1H3,(H,14,15). The van der Waals surface area contributed by atoms with Crippen LogP contribution in [0.25, 0.3) is 0 Å². The van der Waals surface area contributed by atoms with Crippen LogP contribution >= 0.6 is 15.9 Å². The van der Waals surface area contributed by atoms with Crippen molar-refractivity contribution in [1.29, 1.82) is 0 Å². The minimum Gasteiger partial charge on any atom is -0.478 e. The van der Waals surface area contributed by atoms with E-state index in [2.05, 4.69) is 32.5 Å². The number of aromatic carboxylic acids is 1. The van der Waals surface area contributed by atoms with Gasteiger partial charge in [0, 0.05) is 16.0 Å². The molecule has 0 saturated heterocycles. The molecule has 0 radical (unpaired) electrons. The largest absolute Gasteiger partial charge is 0.478 e. The van der Waals surface area contributed by atoms with Gasteiger partial charge >= 0.3 is 11.9 Å². The number of halogens is 1. The number of carboxylic acids is 1. The summed E-state index contributed by atoms with van der Waals surface area (Å²) in [4.78, 5) is 21.5. The number of carbonyl (C=O) groups is 2. The Labute approximate surface area is 100 Å². The summed E-state index contributed by atoms with van der Waals surface area (Å²) in [5.41, 5.74) is 0.530. The molecule has 1 N–H and O–H groups in total. The highest BCUT2D eigenvalue weighted by atomic mass is 79.9. The van der Waals surface area contributed by atoms with E-state index in [4.69, 9.17) is 5.11 Å². The van der Waals surface area contributed by atoms with E-state index < -0.39 is 11.9 Å². The number of esters is 1. The smallest absolute Gasteiger partial charge is 0.384 e. The first-order valence-electron chi connectivity index (χ1n) is 4.17. The van der Waals surface area contributed by atoms with Crippen LogP contribution in [-0.2, 0) is 9.53 Å². The molecule has 16 heavy (non-hydrogen) atoms. The predicted molar refractivity (Wildman–Crippen MR) is 60.0 cm³/mol. The van der Waals surface area contributed by atoms with Crippen LogP contribution in [-0.4, -0.2) is 24.2 Å². The van der Waals surface area contributed by atoms with Crippen molar-refractivity contribution >= 4 is 27.9 Å². The van der Waals surface area contributed by atoms with Gasteiger partial charge in [-0.3, -0.25) is 0 Å². The van der Waals surface area contributed by atoms with Gasteiger partial charge in [-0.05, 0) is 34.1 Å². The number of methoxy groups -OCH3 is 1. The maximum Gasteiger partial charge on any atom is 0.384 e. The molecule has 82 valence electrons. The number of ether oxygens (including phenoxy) is 1. The lowest BCUT2D eigenvalue weighted by Crippen LogP contribution is -1.98. The van der Waals surface area contributed by atoms with E-state index in [1.54, 1.807) is 12.1 Å². The Bertz CT molecular complexity index is 496. The third-order valence-electron chi connectivity index (χ3n) is 1.69. The first kappa shape index (κ1) is 12.3. The molecule has 1 rings (SSSR count). The third-order valence-corrected chi connectivity index (χ3v) is 2.38. The normalized spacial score (nSPS) is 8.88. The Balaban J connectivity index is 3.07. The van der Waals surface area contributed by atoms with Gasteiger partial charge in [0.2, 0.25) is 0 Å². The molecule has 4 nitrogen and oxygen atoms in total. The molecule has 0 saturated carbocycles. The van der Waals surface area contributed by atoms with Gasteiger partial charge in [0.05, 0.1) is 12.7 Å². The second kappa shape index (κ2) is 5.33. The molecule has 0 amide bonds. The number of carboxylic acid groups (broad SMARTS) is 1. The van der Waals surface area contributed by atoms with Gasteiger partial charge in [0.15, 0.2) is 0 Å². The molecule has 0 spiro atoms. The summed E-state index contributed by atoms with van der Waals surface area (Å²) in [5.74, 6) is 3.00. The Kier molecular flexibility index (Phi) is 4.09. The fourth-order valence-electron chi connectivity index (χ4n) is 0.941. The molecular weight excluding hydrogens is 276 g/mol. The van der Waals surface area contributed by atoms with Crippen LogP contribution in [0.3, 0.4) is 0 Å². The van der Waals surface area contributed by atoms with Gasteiger partial charge in [0.25, 0.3) is 0 Å². The summed E-state index contributed by atoms with van der Waals surface area (Å²) in [6, 6.07) is 4.54. The third kappa shape index (κ3) is 3.11. The van der Waals surface area contributed by atoms with E-state index in [9.17, 15) is 9.59 Å². The van der Waals surface area contributed by atoms with Gasteiger partial charge in [-0.15, -0.1) is 0 Å². The van der Waals surface area contributed by atoms with Crippen LogP contribution in [0.2, 0.25) is 0 Å². The molecule has 1 aromatic rings. The SMILES string of the molecule is COC(=O)C#Cc1ccc(Br)c(C(=O)O)c1. The van der Waals surface area contributed by atoms with E-state index in [0.29, 0.717) is 10.0 Å². The molecule has 0 aromatic heterocycles. The molecule has 0 bridgehead atoms. The van der Waals surface area contributed by atoms with Crippen molar-refractivity contribution in [2.24, 2.45) is 0 Å². The highest BCUT2D eigenvalue weighted by Gasteiger charge is 2.07. The number of hydrogen-bond acceptors (Lipinski definition) is 3. The highest BCUT2D eigenvalue weighted by molar-refractivity contribution is 9.10. The quantitative estimate of drug-likeness (QED) is 0.629. The molecular formula is C11H7BrO4. The Morgan fingerprint density at radius 1 is 1.44 bits per heavy atom. The maximum atomic E-state index is 10.8. The number of hydrogen-bond donors (Lipinski definition) is 1. The van der Waals surface area contributed by atoms with E-state index in [-0.39, 0.29) is 5.56 Å². The van der Waals surface area contributed by atoms with Crippen molar-refractivity contribution in [3.63, 3.8) is 0 Å². The highest BCUT2D eigenvalue weighted by Crippen LogP contribution is 2.17. The first-order valence-corrected chi connectivity index (χ1v) is 4.96. The summed E-state index contributed by atoms with van der Waals surface area (Å²) in [7, 11) is 1.22. The second-order valence-corrected chi connectivity index (χ2v) is 3.60. The molecule has 0 unspecified atom stereocenters. The van der Waals surface area contributed by atoms with Crippen LogP contribution in [0, 0.1) is 11.8 Å². The van der Waals surface area contributed by atoms with Gasteiger partial charge in [-0.1, -0.05) is 5.92 Å². The Hall–Kier alpha value is -1.80. The zero-order valence-electron chi connectivity index (χ0n) is 8.28.